The number of rotatable bonds is 1. The third kappa shape index (κ3) is 2.54. The zero-order chi connectivity index (χ0) is 11.5. The van der Waals surface area contributed by atoms with Gasteiger partial charge in [0.2, 0.25) is 0 Å². The molecule has 1 fully saturated rings. The molecule has 1 atom stereocenters. The van der Waals surface area contributed by atoms with E-state index in [-0.39, 0.29) is 12.0 Å². The maximum atomic E-state index is 12.1. The van der Waals surface area contributed by atoms with Gasteiger partial charge in [-0.15, -0.1) is 0 Å². The first-order chi connectivity index (χ1) is 7.66. The van der Waals surface area contributed by atoms with Crippen molar-refractivity contribution in [2.24, 2.45) is 0 Å². The maximum Gasteiger partial charge on any atom is 0.254 e. The lowest BCUT2D eigenvalue weighted by atomic mass is 10.2. The highest BCUT2D eigenvalue weighted by atomic mass is 35.5. The lowest BCUT2D eigenvalue weighted by molar-refractivity contribution is -0.0124. The van der Waals surface area contributed by atoms with Crippen LogP contribution in [0.1, 0.15) is 17.3 Å². The Balaban J connectivity index is 2.12. The van der Waals surface area contributed by atoms with Crippen molar-refractivity contribution in [2.45, 2.75) is 13.0 Å². The van der Waals surface area contributed by atoms with Crippen molar-refractivity contribution in [3.05, 3.63) is 34.9 Å². The molecule has 1 saturated heterocycles. The quantitative estimate of drug-likeness (QED) is 0.752. The number of hydrogen-bond donors (Lipinski definition) is 0. The van der Waals surface area contributed by atoms with E-state index in [2.05, 4.69) is 0 Å². The fraction of sp³-hybridized carbons (Fsp3) is 0.417. The van der Waals surface area contributed by atoms with Gasteiger partial charge < -0.3 is 9.64 Å². The molecule has 0 aliphatic carbocycles. The Morgan fingerprint density at radius 1 is 1.56 bits per heavy atom. The van der Waals surface area contributed by atoms with Crippen LogP contribution in [0.4, 0.5) is 0 Å². The molecule has 0 unspecified atom stereocenters. The van der Waals surface area contributed by atoms with E-state index in [4.69, 9.17) is 16.3 Å². The number of hydrogen-bond acceptors (Lipinski definition) is 2. The van der Waals surface area contributed by atoms with Crippen LogP contribution < -0.4 is 0 Å². The Morgan fingerprint density at radius 2 is 2.38 bits per heavy atom. The fourth-order valence-corrected chi connectivity index (χ4v) is 2.00. The summed E-state index contributed by atoms with van der Waals surface area (Å²) >= 11 is 5.86. The van der Waals surface area contributed by atoms with Crippen molar-refractivity contribution < 1.29 is 9.53 Å². The van der Waals surface area contributed by atoms with E-state index in [0.717, 1.165) is 0 Å². The van der Waals surface area contributed by atoms with Crippen molar-refractivity contribution in [3.8, 4) is 0 Å². The number of carbonyl (C=O) groups excluding carboxylic acids is 1. The van der Waals surface area contributed by atoms with Crippen LogP contribution in [0.2, 0.25) is 5.02 Å². The molecule has 0 radical (unpaired) electrons. The molecular weight excluding hydrogens is 226 g/mol. The Bertz CT molecular complexity index is 394. The summed E-state index contributed by atoms with van der Waals surface area (Å²) in [6.07, 6.45) is 0.108. The lowest BCUT2D eigenvalue weighted by Gasteiger charge is -2.31. The van der Waals surface area contributed by atoms with Gasteiger partial charge in [0.05, 0.1) is 12.7 Å². The minimum atomic E-state index is 0.0256. The second-order valence-corrected chi connectivity index (χ2v) is 4.38. The summed E-state index contributed by atoms with van der Waals surface area (Å²) in [5.41, 5.74) is 0.640. The average Bonchev–Trinajstić information content (AvgIpc) is 2.28. The van der Waals surface area contributed by atoms with Crippen LogP contribution >= 0.6 is 11.6 Å². The summed E-state index contributed by atoms with van der Waals surface area (Å²) in [5.74, 6) is 0.0256. The molecule has 1 aliphatic rings. The normalized spacial score (nSPS) is 20.9. The standard InChI is InChI=1S/C12H14ClNO2/c1-9-8-14(5-6-16-9)12(15)10-3-2-4-11(13)7-10/h2-4,7,9H,5-6,8H2,1H3/t9-/m1/s1. The molecule has 86 valence electrons. The molecule has 0 bridgehead atoms. The molecule has 1 aliphatic heterocycles. The molecule has 16 heavy (non-hydrogen) atoms. The molecule has 3 nitrogen and oxygen atoms in total. The number of amides is 1. The van der Waals surface area contributed by atoms with Gasteiger partial charge in [-0.05, 0) is 25.1 Å². The third-order valence-electron chi connectivity index (χ3n) is 2.60. The molecular formula is C12H14ClNO2. The van der Waals surface area contributed by atoms with Gasteiger partial charge in [0.15, 0.2) is 0 Å². The minimum absolute atomic E-state index is 0.0256. The first-order valence-corrected chi connectivity index (χ1v) is 5.71. The largest absolute Gasteiger partial charge is 0.375 e. The highest BCUT2D eigenvalue weighted by molar-refractivity contribution is 6.30. The molecule has 0 spiro atoms. The third-order valence-corrected chi connectivity index (χ3v) is 2.83. The van der Waals surface area contributed by atoms with E-state index >= 15 is 0 Å². The number of morpholine rings is 1. The Labute approximate surface area is 100.0 Å². The Kier molecular flexibility index (Phi) is 3.46. The van der Waals surface area contributed by atoms with E-state index in [0.29, 0.717) is 30.3 Å². The summed E-state index contributed by atoms with van der Waals surface area (Å²) in [7, 11) is 0. The Morgan fingerprint density at radius 3 is 3.06 bits per heavy atom. The van der Waals surface area contributed by atoms with Crippen LogP contribution in [0, 0.1) is 0 Å². The smallest absolute Gasteiger partial charge is 0.254 e. The van der Waals surface area contributed by atoms with Gasteiger partial charge in [-0.25, -0.2) is 0 Å². The van der Waals surface area contributed by atoms with Crippen LogP contribution in [-0.4, -0.2) is 36.6 Å². The molecule has 2 rings (SSSR count). The van der Waals surface area contributed by atoms with Crippen molar-refractivity contribution in [2.75, 3.05) is 19.7 Å². The van der Waals surface area contributed by atoms with E-state index in [1.165, 1.54) is 0 Å². The van der Waals surface area contributed by atoms with Crippen molar-refractivity contribution in [1.82, 2.24) is 4.90 Å². The number of carbonyl (C=O) groups is 1. The molecule has 0 saturated carbocycles. The maximum absolute atomic E-state index is 12.1. The van der Waals surface area contributed by atoms with Gasteiger partial charge in [0.25, 0.3) is 5.91 Å². The van der Waals surface area contributed by atoms with Crippen molar-refractivity contribution in [3.63, 3.8) is 0 Å². The number of nitrogens with zero attached hydrogens (tertiary/aromatic N) is 1. The summed E-state index contributed by atoms with van der Waals surface area (Å²) in [6.45, 7) is 3.87. The van der Waals surface area contributed by atoms with Crippen LogP contribution in [0.15, 0.2) is 24.3 Å². The van der Waals surface area contributed by atoms with Gasteiger partial charge in [-0.1, -0.05) is 17.7 Å². The van der Waals surface area contributed by atoms with Crippen molar-refractivity contribution in [1.29, 1.82) is 0 Å². The number of ether oxygens (including phenoxy) is 1. The van der Waals surface area contributed by atoms with Gasteiger partial charge >= 0.3 is 0 Å². The van der Waals surface area contributed by atoms with Crippen LogP contribution in [0.3, 0.4) is 0 Å². The number of benzene rings is 1. The predicted molar refractivity (Wildman–Crippen MR) is 62.8 cm³/mol. The lowest BCUT2D eigenvalue weighted by Crippen LogP contribution is -2.44. The minimum Gasteiger partial charge on any atom is -0.375 e. The van der Waals surface area contributed by atoms with Crippen LogP contribution in [0.5, 0.6) is 0 Å². The zero-order valence-corrected chi connectivity index (χ0v) is 9.91. The van der Waals surface area contributed by atoms with E-state index < -0.39 is 0 Å². The monoisotopic (exact) mass is 239 g/mol. The molecule has 0 N–H and O–H groups in total. The van der Waals surface area contributed by atoms with Gasteiger partial charge in [-0.3, -0.25) is 4.79 Å². The summed E-state index contributed by atoms with van der Waals surface area (Å²) in [4.78, 5) is 13.9. The van der Waals surface area contributed by atoms with Gasteiger partial charge in [0, 0.05) is 23.7 Å². The summed E-state index contributed by atoms with van der Waals surface area (Å²) in [6, 6.07) is 7.04. The predicted octanol–water partition coefficient (Wildman–Crippen LogP) is 2.20. The molecule has 1 heterocycles. The highest BCUT2D eigenvalue weighted by Gasteiger charge is 2.22. The molecule has 1 amide bonds. The molecule has 0 aromatic heterocycles. The average molecular weight is 240 g/mol. The van der Waals surface area contributed by atoms with E-state index in [1.807, 2.05) is 6.92 Å². The number of halogens is 1. The zero-order valence-electron chi connectivity index (χ0n) is 9.15. The Hall–Kier alpha value is -1.06. The molecule has 1 aromatic carbocycles. The first-order valence-electron chi connectivity index (χ1n) is 5.33. The van der Waals surface area contributed by atoms with Crippen molar-refractivity contribution >= 4 is 17.5 Å². The molecule has 1 aromatic rings. The van der Waals surface area contributed by atoms with Gasteiger partial charge in [0.1, 0.15) is 0 Å². The molecule has 4 heteroatoms. The van der Waals surface area contributed by atoms with Crippen LogP contribution in [0.25, 0.3) is 0 Å². The second kappa shape index (κ2) is 4.85. The van der Waals surface area contributed by atoms with E-state index in [1.54, 1.807) is 29.2 Å². The van der Waals surface area contributed by atoms with Crippen LogP contribution in [-0.2, 0) is 4.74 Å². The fourth-order valence-electron chi connectivity index (χ4n) is 1.81. The first kappa shape index (κ1) is 11.4. The van der Waals surface area contributed by atoms with E-state index in [9.17, 15) is 4.79 Å². The van der Waals surface area contributed by atoms with Gasteiger partial charge in [-0.2, -0.15) is 0 Å². The SMILES string of the molecule is C[C@@H]1CN(C(=O)c2cccc(Cl)c2)CCO1. The summed E-state index contributed by atoms with van der Waals surface area (Å²) in [5, 5.41) is 0.590. The topological polar surface area (TPSA) is 29.5 Å². The second-order valence-electron chi connectivity index (χ2n) is 3.94. The summed E-state index contributed by atoms with van der Waals surface area (Å²) < 4.78 is 5.40. The highest BCUT2D eigenvalue weighted by Crippen LogP contribution is 2.14.